The van der Waals surface area contributed by atoms with Crippen LogP contribution in [-0.2, 0) is 14.8 Å². The standard InChI is InChI=1S/C19H22N4O6S/c1-13(2)22(3)30(28,29)17-9-7-15(8-10-17)21-18(24)12-20-19(25)14-5-4-6-16(11-14)23(26)27/h4-11,13H,12H2,1-3H3,(H,20,25)(H,21,24). The van der Waals surface area contributed by atoms with E-state index >= 15 is 0 Å². The van der Waals surface area contributed by atoms with Gasteiger partial charge in [-0.1, -0.05) is 6.07 Å². The SMILES string of the molecule is CC(C)N(C)S(=O)(=O)c1ccc(NC(=O)CNC(=O)c2cccc([N+](=O)[O-])c2)cc1. The van der Waals surface area contributed by atoms with Crippen LogP contribution in [0.4, 0.5) is 11.4 Å². The van der Waals surface area contributed by atoms with E-state index in [4.69, 9.17) is 0 Å². The number of nitrogens with one attached hydrogen (secondary N) is 2. The molecule has 30 heavy (non-hydrogen) atoms. The van der Waals surface area contributed by atoms with Gasteiger partial charge in [0.05, 0.1) is 16.4 Å². The van der Waals surface area contributed by atoms with Gasteiger partial charge in [0.1, 0.15) is 0 Å². The normalized spacial score (nSPS) is 11.4. The average Bonchev–Trinajstić information content (AvgIpc) is 2.71. The van der Waals surface area contributed by atoms with Crippen LogP contribution in [0.1, 0.15) is 24.2 Å². The molecule has 0 aliphatic carbocycles. The van der Waals surface area contributed by atoms with E-state index in [-0.39, 0.29) is 28.7 Å². The number of rotatable bonds is 8. The minimum Gasteiger partial charge on any atom is -0.343 e. The molecule has 2 aromatic rings. The summed E-state index contributed by atoms with van der Waals surface area (Å²) in [6.45, 7) is 3.15. The third kappa shape index (κ3) is 5.61. The van der Waals surface area contributed by atoms with Crippen LogP contribution in [0.2, 0.25) is 0 Å². The first-order valence-electron chi connectivity index (χ1n) is 8.93. The summed E-state index contributed by atoms with van der Waals surface area (Å²) in [6.07, 6.45) is 0. The first-order valence-corrected chi connectivity index (χ1v) is 10.4. The van der Waals surface area contributed by atoms with Gasteiger partial charge in [0.15, 0.2) is 0 Å². The van der Waals surface area contributed by atoms with E-state index in [9.17, 15) is 28.1 Å². The molecule has 10 nitrogen and oxygen atoms in total. The number of sulfonamides is 1. The molecule has 0 aliphatic heterocycles. The fourth-order valence-electron chi connectivity index (χ4n) is 2.38. The Hall–Kier alpha value is -3.31. The van der Waals surface area contributed by atoms with Crippen molar-refractivity contribution in [2.45, 2.75) is 24.8 Å². The first-order chi connectivity index (χ1) is 14.0. The number of nitro groups is 1. The maximum absolute atomic E-state index is 12.4. The van der Waals surface area contributed by atoms with Gasteiger partial charge in [-0.3, -0.25) is 19.7 Å². The number of nitrogens with zero attached hydrogens (tertiary/aromatic N) is 2. The van der Waals surface area contributed by atoms with Crippen molar-refractivity contribution < 1.29 is 22.9 Å². The van der Waals surface area contributed by atoms with Crippen molar-refractivity contribution in [2.24, 2.45) is 0 Å². The molecular formula is C19H22N4O6S. The van der Waals surface area contributed by atoms with Crippen molar-refractivity contribution in [1.82, 2.24) is 9.62 Å². The minimum absolute atomic E-state index is 0.0563. The summed E-state index contributed by atoms with van der Waals surface area (Å²) < 4.78 is 26.1. The van der Waals surface area contributed by atoms with E-state index < -0.39 is 26.8 Å². The summed E-state index contributed by atoms with van der Waals surface area (Å²) in [4.78, 5) is 34.4. The summed E-state index contributed by atoms with van der Waals surface area (Å²) in [6, 6.07) is 10.6. The van der Waals surface area contributed by atoms with Gasteiger partial charge in [0, 0.05) is 36.5 Å². The molecule has 2 amide bonds. The number of nitro benzene ring substituents is 1. The molecule has 0 unspecified atom stereocenters. The highest BCUT2D eigenvalue weighted by Crippen LogP contribution is 2.19. The molecule has 0 heterocycles. The van der Waals surface area contributed by atoms with Crippen molar-refractivity contribution >= 4 is 33.2 Å². The lowest BCUT2D eigenvalue weighted by molar-refractivity contribution is -0.384. The fourth-order valence-corrected chi connectivity index (χ4v) is 3.75. The molecule has 0 saturated carbocycles. The van der Waals surface area contributed by atoms with Crippen LogP contribution in [0.15, 0.2) is 53.4 Å². The summed E-state index contributed by atoms with van der Waals surface area (Å²) in [5.41, 5.74) is 0.182. The van der Waals surface area contributed by atoms with E-state index in [0.717, 1.165) is 6.07 Å². The number of amides is 2. The van der Waals surface area contributed by atoms with E-state index in [1.165, 1.54) is 53.8 Å². The minimum atomic E-state index is -3.63. The van der Waals surface area contributed by atoms with Crippen LogP contribution in [0, 0.1) is 10.1 Å². The van der Waals surface area contributed by atoms with Crippen LogP contribution in [0.5, 0.6) is 0 Å². The van der Waals surface area contributed by atoms with E-state index in [0.29, 0.717) is 5.69 Å². The summed E-state index contributed by atoms with van der Waals surface area (Å²) in [7, 11) is -2.14. The average molecular weight is 434 g/mol. The number of non-ortho nitro benzene ring substituents is 1. The number of carbonyl (C=O) groups excluding carboxylic acids is 2. The van der Waals surface area contributed by atoms with Gasteiger partial charge in [0.25, 0.3) is 11.6 Å². The highest BCUT2D eigenvalue weighted by molar-refractivity contribution is 7.89. The van der Waals surface area contributed by atoms with Crippen LogP contribution in [0.25, 0.3) is 0 Å². The largest absolute Gasteiger partial charge is 0.343 e. The fraction of sp³-hybridized carbons (Fsp3) is 0.263. The summed E-state index contributed by atoms with van der Waals surface area (Å²) in [5, 5.41) is 15.7. The third-order valence-electron chi connectivity index (χ3n) is 4.27. The Bertz CT molecular complexity index is 1050. The van der Waals surface area contributed by atoms with Crippen molar-refractivity contribution in [3.8, 4) is 0 Å². The Kier molecular flexibility index (Phi) is 7.24. The molecule has 160 valence electrons. The van der Waals surface area contributed by atoms with Crippen molar-refractivity contribution in [3.05, 3.63) is 64.2 Å². The third-order valence-corrected chi connectivity index (χ3v) is 6.32. The second kappa shape index (κ2) is 9.46. The first kappa shape index (κ1) is 23.0. The van der Waals surface area contributed by atoms with Crippen LogP contribution < -0.4 is 10.6 Å². The molecule has 2 N–H and O–H groups in total. The summed E-state index contributed by atoms with van der Waals surface area (Å²) in [5.74, 6) is -1.17. The molecule has 0 saturated heterocycles. The van der Waals surface area contributed by atoms with Crippen molar-refractivity contribution in [2.75, 3.05) is 18.9 Å². The van der Waals surface area contributed by atoms with Gasteiger partial charge in [-0.15, -0.1) is 0 Å². The number of hydrogen-bond acceptors (Lipinski definition) is 6. The molecule has 0 spiro atoms. The highest BCUT2D eigenvalue weighted by atomic mass is 32.2. The highest BCUT2D eigenvalue weighted by Gasteiger charge is 2.22. The Morgan fingerprint density at radius 3 is 2.33 bits per heavy atom. The lowest BCUT2D eigenvalue weighted by Gasteiger charge is -2.21. The predicted molar refractivity (Wildman–Crippen MR) is 111 cm³/mol. The van der Waals surface area contributed by atoms with Crippen LogP contribution in [0.3, 0.4) is 0 Å². The van der Waals surface area contributed by atoms with Gasteiger partial charge in [-0.25, -0.2) is 8.42 Å². The Morgan fingerprint density at radius 1 is 1.13 bits per heavy atom. The zero-order valence-electron chi connectivity index (χ0n) is 16.7. The molecule has 0 atom stereocenters. The Morgan fingerprint density at radius 2 is 1.77 bits per heavy atom. The van der Waals surface area contributed by atoms with Crippen molar-refractivity contribution in [3.63, 3.8) is 0 Å². The van der Waals surface area contributed by atoms with Crippen molar-refractivity contribution in [1.29, 1.82) is 0 Å². The molecular weight excluding hydrogens is 412 g/mol. The zero-order valence-corrected chi connectivity index (χ0v) is 17.5. The number of anilines is 1. The molecule has 0 radical (unpaired) electrons. The molecule has 2 aromatic carbocycles. The smallest absolute Gasteiger partial charge is 0.270 e. The van der Waals surface area contributed by atoms with Gasteiger partial charge in [0.2, 0.25) is 15.9 Å². The van der Waals surface area contributed by atoms with Crippen LogP contribution in [-0.4, -0.2) is 49.1 Å². The second-order valence-corrected chi connectivity index (χ2v) is 8.68. The number of benzene rings is 2. The molecule has 11 heteroatoms. The molecule has 0 aromatic heterocycles. The molecule has 2 rings (SSSR count). The molecule has 0 fully saturated rings. The topological polar surface area (TPSA) is 139 Å². The van der Waals surface area contributed by atoms with Gasteiger partial charge >= 0.3 is 0 Å². The monoisotopic (exact) mass is 434 g/mol. The van der Waals surface area contributed by atoms with Gasteiger partial charge < -0.3 is 10.6 Å². The maximum Gasteiger partial charge on any atom is 0.270 e. The van der Waals surface area contributed by atoms with Gasteiger partial charge in [-0.05, 0) is 44.2 Å². The lowest BCUT2D eigenvalue weighted by Crippen LogP contribution is -2.33. The van der Waals surface area contributed by atoms with Crippen LogP contribution >= 0.6 is 0 Å². The Balaban J connectivity index is 1.96. The lowest BCUT2D eigenvalue weighted by atomic mass is 10.2. The number of hydrogen-bond donors (Lipinski definition) is 2. The maximum atomic E-state index is 12.4. The second-order valence-electron chi connectivity index (χ2n) is 6.68. The van der Waals surface area contributed by atoms with E-state index in [1.54, 1.807) is 13.8 Å². The Labute approximate surface area is 174 Å². The molecule has 0 aliphatic rings. The number of carbonyl (C=O) groups is 2. The summed E-state index contributed by atoms with van der Waals surface area (Å²) >= 11 is 0. The quantitative estimate of drug-likeness (QED) is 0.481. The van der Waals surface area contributed by atoms with Gasteiger partial charge in [-0.2, -0.15) is 4.31 Å². The zero-order chi connectivity index (χ0) is 22.5. The van der Waals surface area contributed by atoms with E-state index in [2.05, 4.69) is 10.6 Å². The predicted octanol–water partition coefficient (Wildman–Crippen LogP) is 1.99. The molecule has 0 bridgehead atoms. The van der Waals surface area contributed by atoms with E-state index in [1.807, 2.05) is 0 Å².